The predicted molar refractivity (Wildman–Crippen MR) is 131 cm³/mol. The molecule has 3 aliphatic rings. The number of ether oxygens (including phenoxy) is 1. The number of hydrogen-bond acceptors (Lipinski definition) is 1. The summed E-state index contributed by atoms with van der Waals surface area (Å²) in [4.78, 5) is 0. The summed E-state index contributed by atoms with van der Waals surface area (Å²) in [6.07, 6.45) is 11.9. The van der Waals surface area contributed by atoms with Crippen LogP contribution < -0.4 is 0 Å². The monoisotopic (exact) mass is 464 g/mol. The van der Waals surface area contributed by atoms with Gasteiger partial charge in [0, 0.05) is 11.5 Å². The predicted octanol–water partition coefficient (Wildman–Crippen LogP) is 8.53. The van der Waals surface area contributed by atoms with E-state index >= 15 is 4.39 Å². The molecule has 0 aromatic heterocycles. The Kier molecular flexibility index (Phi) is 6.78. The van der Waals surface area contributed by atoms with Gasteiger partial charge >= 0.3 is 0 Å². The lowest BCUT2D eigenvalue weighted by atomic mass is 9.76. The van der Waals surface area contributed by atoms with E-state index in [1.54, 1.807) is 36.4 Å². The average Bonchev–Trinajstić information content (AvgIpc) is 3.71. The van der Waals surface area contributed by atoms with Crippen molar-refractivity contribution in [1.82, 2.24) is 0 Å². The van der Waals surface area contributed by atoms with Crippen LogP contribution in [0.3, 0.4) is 0 Å². The van der Waals surface area contributed by atoms with E-state index < -0.39 is 11.6 Å². The summed E-state index contributed by atoms with van der Waals surface area (Å²) in [6, 6.07) is 10.7. The van der Waals surface area contributed by atoms with Crippen molar-refractivity contribution >= 4 is 6.08 Å². The summed E-state index contributed by atoms with van der Waals surface area (Å²) in [7, 11) is 0. The number of benzene rings is 2. The zero-order valence-electron chi connectivity index (χ0n) is 19.4. The van der Waals surface area contributed by atoms with Crippen molar-refractivity contribution in [2.75, 3.05) is 6.61 Å². The SMILES string of the molecule is C=Cc1ccc(-c2ccc(C3CCC(CCC4=CCC(C5CO5)C=C4F)CC3)c(F)c2F)cc1. The van der Waals surface area contributed by atoms with Crippen molar-refractivity contribution in [3.05, 3.63) is 89.3 Å². The van der Waals surface area contributed by atoms with Crippen LogP contribution in [0, 0.1) is 23.5 Å². The zero-order chi connectivity index (χ0) is 23.7. The number of hydrogen-bond donors (Lipinski definition) is 0. The van der Waals surface area contributed by atoms with Gasteiger partial charge < -0.3 is 4.74 Å². The molecule has 4 heteroatoms. The molecule has 2 fully saturated rings. The molecule has 0 radical (unpaired) electrons. The van der Waals surface area contributed by atoms with Gasteiger partial charge in [-0.2, -0.15) is 0 Å². The second kappa shape index (κ2) is 9.95. The molecule has 1 aliphatic heterocycles. The van der Waals surface area contributed by atoms with Gasteiger partial charge in [-0.25, -0.2) is 13.2 Å². The molecule has 5 rings (SSSR count). The van der Waals surface area contributed by atoms with E-state index in [9.17, 15) is 8.78 Å². The van der Waals surface area contributed by atoms with E-state index in [0.29, 0.717) is 17.0 Å². The van der Waals surface area contributed by atoms with Gasteiger partial charge in [-0.05, 0) is 85.1 Å². The second-order valence-corrected chi connectivity index (χ2v) is 9.93. The topological polar surface area (TPSA) is 12.5 Å². The highest BCUT2D eigenvalue weighted by Crippen LogP contribution is 2.41. The molecule has 34 heavy (non-hydrogen) atoms. The van der Waals surface area contributed by atoms with Gasteiger partial charge in [0.15, 0.2) is 11.6 Å². The molecular weight excluding hydrogens is 433 g/mol. The van der Waals surface area contributed by atoms with E-state index in [-0.39, 0.29) is 29.3 Å². The summed E-state index contributed by atoms with van der Waals surface area (Å²) in [6.45, 7) is 4.47. The van der Waals surface area contributed by atoms with E-state index in [2.05, 4.69) is 6.58 Å². The van der Waals surface area contributed by atoms with Crippen molar-refractivity contribution in [1.29, 1.82) is 0 Å². The van der Waals surface area contributed by atoms with Crippen LogP contribution in [-0.4, -0.2) is 12.7 Å². The molecule has 0 N–H and O–H groups in total. The van der Waals surface area contributed by atoms with Crippen molar-refractivity contribution in [3.63, 3.8) is 0 Å². The molecule has 2 unspecified atom stereocenters. The smallest absolute Gasteiger partial charge is 0.166 e. The van der Waals surface area contributed by atoms with Crippen molar-refractivity contribution in [3.8, 4) is 11.1 Å². The molecule has 2 aromatic rings. The highest BCUT2D eigenvalue weighted by Gasteiger charge is 2.33. The van der Waals surface area contributed by atoms with Crippen LogP contribution in [0.5, 0.6) is 0 Å². The summed E-state index contributed by atoms with van der Waals surface area (Å²) in [5, 5.41) is 0. The van der Waals surface area contributed by atoms with Crippen LogP contribution in [0.25, 0.3) is 17.2 Å². The summed E-state index contributed by atoms with van der Waals surface area (Å²) in [5.74, 6) is -0.850. The first kappa shape index (κ1) is 23.2. The minimum Gasteiger partial charge on any atom is -0.372 e. The largest absolute Gasteiger partial charge is 0.372 e. The first-order valence-corrected chi connectivity index (χ1v) is 12.4. The van der Waals surface area contributed by atoms with E-state index in [4.69, 9.17) is 4.74 Å². The quantitative estimate of drug-likeness (QED) is 0.374. The Bertz CT molecular complexity index is 1100. The first-order chi connectivity index (χ1) is 16.5. The molecule has 1 heterocycles. The third kappa shape index (κ3) is 4.93. The summed E-state index contributed by atoms with van der Waals surface area (Å²) >= 11 is 0. The van der Waals surface area contributed by atoms with Crippen LogP contribution in [-0.2, 0) is 4.74 Å². The average molecular weight is 465 g/mol. The molecule has 0 bridgehead atoms. The van der Waals surface area contributed by atoms with Crippen molar-refractivity contribution < 1.29 is 17.9 Å². The molecule has 178 valence electrons. The highest BCUT2D eigenvalue weighted by atomic mass is 19.2. The Labute approximate surface area is 200 Å². The van der Waals surface area contributed by atoms with Gasteiger partial charge in [-0.1, -0.05) is 55.1 Å². The maximum atomic E-state index is 15.0. The molecule has 0 spiro atoms. The zero-order valence-corrected chi connectivity index (χ0v) is 19.4. The number of rotatable bonds is 7. The van der Waals surface area contributed by atoms with Crippen LogP contribution in [0.15, 0.2) is 66.5 Å². The minimum atomic E-state index is -0.771. The Balaban J connectivity index is 1.17. The van der Waals surface area contributed by atoms with Gasteiger partial charge in [0.2, 0.25) is 0 Å². The van der Waals surface area contributed by atoms with Gasteiger partial charge in [0.05, 0.1) is 12.7 Å². The van der Waals surface area contributed by atoms with Gasteiger partial charge in [-0.15, -0.1) is 0 Å². The Morgan fingerprint density at radius 2 is 1.68 bits per heavy atom. The fourth-order valence-electron chi connectivity index (χ4n) is 5.55. The van der Waals surface area contributed by atoms with Crippen LogP contribution in [0.2, 0.25) is 0 Å². The van der Waals surface area contributed by atoms with Crippen LogP contribution in [0.4, 0.5) is 13.2 Å². The Morgan fingerprint density at radius 1 is 0.941 bits per heavy atom. The molecule has 1 nitrogen and oxygen atoms in total. The van der Waals surface area contributed by atoms with E-state index in [1.165, 1.54) is 0 Å². The second-order valence-electron chi connectivity index (χ2n) is 9.93. The summed E-state index contributed by atoms with van der Waals surface area (Å²) < 4.78 is 49.8. The molecule has 0 amide bonds. The maximum absolute atomic E-state index is 15.0. The molecule has 1 saturated carbocycles. The molecule has 1 saturated heterocycles. The molecule has 2 aliphatic carbocycles. The van der Waals surface area contributed by atoms with Crippen molar-refractivity contribution in [2.24, 2.45) is 11.8 Å². The van der Waals surface area contributed by atoms with Crippen LogP contribution >= 0.6 is 0 Å². The highest BCUT2D eigenvalue weighted by molar-refractivity contribution is 5.66. The third-order valence-corrected chi connectivity index (χ3v) is 7.82. The fourth-order valence-corrected chi connectivity index (χ4v) is 5.55. The van der Waals surface area contributed by atoms with Gasteiger partial charge in [-0.3, -0.25) is 0 Å². The minimum absolute atomic E-state index is 0.0350. The van der Waals surface area contributed by atoms with E-state index in [0.717, 1.165) is 62.7 Å². The lowest BCUT2D eigenvalue weighted by Gasteiger charge is -2.29. The Hall–Kier alpha value is -2.59. The lowest BCUT2D eigenvalue weighted by Crippen LogP contribution is -2.15. The fraction of sp³-hybridized carbons (Fsp3) is 0.400. The molecule has 2 aromatic carbocycles. The van der Waals surface area contributed by atoms with Crippen molar-refractivity contribution in [2.45, 2.75) is 57.0 Å². The van der Waals surface area contributed by atoms with Gasteiger partial charge in [0.25, 0.3) is 0 Å². The number of allylic oxidation sites excluding steroid dienone is 3. The third-order valence-electron chi connectivity index (χ3n) is 7.82. The number of halogens is 3. The maximum Gasteiger partial charge on any atom is 0.166 e. The van der Waals surface area contributed by atoms with Crippen LogP contribution in [0.1, 0.15) is 62.0 Å². The molecule has 2 atom stereocenters. The first-order valence-electron chi connectivity index (χ1n) is 12.4. The lowest BCUT2D eigenvalue weighted by molar-refractivity contribution is 0.303. The van der Waals surface area contributed by atoms with E-state index in [1.807, 2.05) is 18.2 Å². The number of epoxide rings is 1. The normalized spacial score (nSPS) is 26.6. The molecular formula is C30H31F3O. The summed E-state index contributed by atoms with van der Waals surface area (Å²) in [5.41, 5.74) is 3.19. The standard InChI is InChI=1S/C30H31F3O/c1-2-19-3-8-21(9-4-19)25-15-16-26(30(33)29(25)32)22-10-5-20(6-11-22)7-12-23-13-14-24(17-27(23)31)28-18-34-28/h2-4,8-9,13,15-17,20,22,24,28H,1,5-7,10-12,14,18H2. The van der Waals surface area contributed by atoms with Gasteiger partial charge in [0.1, 0.15) is 5.83 Å². The Morgan fingerprint density at radius 3 is 2.32 bits per heavy atom.